The number of aliphatic imine (C=N–C) groups is 1. The van der Waals surface area contributed by atoms with Crippen molar-refractivity contribution in [2.24, 2.45) is 17.8 Å². The molecule has 1 heterocycles. The first-order chi connectivity index (χ1) is 9.54. The van der Waals surface area contributed by atoms with E-state index in [1.54, 1.807) is 4.68 Å². The molecule has 0 fully saturated rings. The van der Waals surface area contributed by atoms with Gasteiger partial charge >= 0.3 is 0 Å². The number of nitrogens with one attached hydrogen (secondary N) is 1. The molecule has 0 saturated carbocycles. The zero-order chi connectivity index (χ0) is 14.5. The molecule has 3 N–H and O–H groups in total. The van der Waals surface area contributed by atoms with Gasteiger partial charge in [-0.3, -0.25) is 9.67 Å². The normalized spacial score (nSPS) is 11.7. The summed E-state index contributed by atoms with van der Waals surface area (Å²) in [5.41, 5.74) is 10.5. The van der Waals surface area contributed by atoms with Crippen LogP contribution in [0.25, 0.3) is 0 Å². The topological polar surface area (TPSA) is 68.2 Å². The van der Waals surface area contributed by atoms with Crippen LogP contribution in [0.5, 0.6) is 0 Å². The molecule has 0 atom stereocenters. The summed E-state index contributed by atoms with van der Waals surface area (Å²) in [6.45, 7) is 4.82. The third-order valence-corrected chi connectivity index (χ3v) is 3.22. The summed E-state index contributed by atoms with van der Waals surface area (Å²) in [4.78, 5) is 4.32. The minimum atomic E-state index is 0.442. The van der Waals surface area contributed by atoms with Crippen LogP contribution < -0.4 is 11.1 Å². The van der Waals surface area contributed by atoms with Gasteiger partial charge in [-0.2, -0.15) is 5.10 Å². The van der Waals surface area contributed by atoms with E-state index < -0.39 is 0 Å². The molecule has 2 aromatic rings. The molecule has 0 radical (unpaired) electrons. The summed E-state index contributed by atoms with van der Waals surface area (Å²) in [5.74, 6) is 0.442. The summed E-state index contributed by atoms with van der Waals surface area (Å²) in [6, 6.07) is 6.14. The fraction of sp³-hybridized carbons (Fsp3) is 0.333. The number of hydrogen-bond acceptors (Lipinski definition) is 2. The zero-order valence-corrected chi connectivity index (χ0v) is 12.2. The second-order valence-corrected chi connectivity index (χ2v) is 4.96. The summed E-state index contributed by atoms with van der Waals surface area (Å²) < 4.78 is 1.79. The van der Waals surface area contributed by atoms with E-state index in [2.05, 4.69) is 41.4 Å². The molecule has 0 amide bonds. The third-order valence-electron chi connectivity index (χ3n) is 3.22. The lowest BCUT2D eigenvalue weighted by Crippen LogP contribution is -2.23. The molecule has 1 aromatic heterocycles. The van der Waals surface area contributed by atoms with Crippen LogP contribution in [0.3, 0.4) is 0 Å². The minimum Gasteiger partial charge on any atom is -0.370 e. The number of hydrogen-bond donors (Lipinski definition) is 2. The van der Waals surface area contributed by atoms with Gasteiger partial charge in [0.05, 0.1) is 6.20 Å². The van der Waals surface area contributed by atoms with Gasteiger partial charge in [-0.05, 0) is 49.1 Å². The Bertz CT molecular complexity index is 612. The van der Waals surface area contributed by atoms with Gasteiger partial charge in [-0.15, -0.1) is 0 Å². The lowest BCUT2D eigenvalue weighted by atomic mass is 10.1. The Hall–Kier alpha value is -2.30. The van der Waals surface area contributed by atoms with Crippen LogP contribution >= 0.6 is 0 Å². The molecule has 0 bridgehead atoms. The lowest BCUT2D eigenvalue weighted by molar-refractivity contribution is 0.766. The van der Waals surface area contributed by atoms with E-state index in [1.807, 2.05) is 25.5 Å². The molecule has 1 aromatic carbocycles. The molecule has 5 nitrogen and oxygen atoms in total. The average molecular weight is 271 g/mol. The second kappa shape index (κ2) is 6.23. The lowest BCUT2D eigenvalue weighted by Gasteiger charge is -2.07. The van der Waals surface area contributed by atoms with E-state index in [-0.39, 0.29) is 0 Å². The van der Waals surface area contributed by atoms with E-state index in [1.165, 1.54) is 11.1 Å². The standard InChI is InChI=1S/C15H21N5/c1-11-4-5-14(8-12(11)2)19-15(16)17-7-6-13-9-18-20(3)10-13/h4-5,8-10H,6-7H2,1-3H3,(H3,16,17,19). The van der Waals surface area contributed by atoms with Crippen molar-refractivity contribution in [1.29, 1.82) is 0 Å². The number of nitrogens with two attached hydrogens (primary N) is 1. The van der Waals surface area contributed by atoms with E-state index in [4.69, 9.17) is 5.73 Å². The van der Waals surface area contributed by atoms with Crippen molar-refractivity contribution in [1.82, 2.24) is 9.78 Å². The van der Waals surface area contributed by atoms with Gasteiger partial charge in [0.15, 0.2) is 5.96 Å². The highest BCUT2D eigenvalue weighted by Crippen LogP contribution is 2.13. The van der Waals surface area contributed by atoms with Gasteiger partial charge in [0, 0.05) is 25.5 Å². The monoisotopic (exact) mass is 271 g/mol. The van der Waals surface area contributed by atoms with Crippen molar-refractivity contribution < 1.29 is 0 Å². The molecule has 0 unspecified atom stereocenters. The molecular formula is C15H21N5. The first-order valence-corrected chi connectivity index (χ1v) is 6.66. The molecule has 0 aliphatic heterocycles. The largest absolute Gasteiger partial charge is 0.370 e. The average Bonchev–Trinajstić information content (AvgIpc) is 2.80. The first-order valence-electron chi connectivity index (χ1n) is 6.66. The summed E-state index contributed by atoms with van der Waals surface area (Å²) in [7, 11) is 1.91. The quantitative estimate of drug-likeness (QED) is 0.660. The zero-order valence-electron chi connectivity index (χ0n) is 12.2. The molecule has 0 aliphatic rings. The molecule has 106 valence electrons. The van der Waals surface area contributed by atoms with Crippen LogP contribution in [0.1, 0.15) is 16.7 Å². The van der Waals surface area contributed by atoms with Crippen LogP contribution in [-0.2, 0) is 13.5 Å². The molecule has 2 rings (SSSR count). The predicted molar refractivity (Wildman–Crippen MR) is 82.9 cm³/mol. The van der Waals surface area contributed by atoms with E-state index >= 15 is 0 Å². The van der Waals surface area contributed by atoms with Gasteiger partial charge in [-0.1, -0.05) is 6.07 Å². The SMILES string of the molecule is Cc1ccc(NC(N)=NCCc2cnn(C)c2)cc1C. The van der Waals surface area contributed by atoms with Crippen LogP contribution in [0.2, 0.25) is 0 Å². The maximum absolute atomic E-state index is 5.88. The van der Waals surface area contributed by atoms with Crippen LogP contribution in [0, 0.1) is 13.8 Å². The summed E-state index contributed by atoms with van der Waals surface area (Å²) in [6.07, 6.45) is 4.67. The fourth-order valence-electron chi connectivity index (χ4n) is 1.91. The van der Waals surface area contributed by atoms with Crippen molar-refractivity contribution in [2.45, 2.75) is 20.3 Å². The Morgan fingerprint density at radius 2 is 2.15 bits per heavy atom. The van der Waals surface area contributed by atoms with Crippen LogP contribution in [-0.4, -0.2) is 22.3 Å². The van der Waals surface area contributed by atoms with Crippen molar-refractivity contribution in [2.75, 3.05) is 11.9 Å². The van der Waals surface area contributed by atoms with Gasteiger partial charge in [-0.25, -0.2) is 0 Å². The molecule has 20 heavy (non-hydrogen) atoms. The van der Waals surface area contributed by atoms with Crippen molar-refractivity contribution in [3.8, 4) is 0 Å². The van der Waals surface area contributed by atoms with Crippen LogP contribution in [0.4, 0.5) is 5.69 Å². The molecular weight excluding hydrogens is 250 g/mol. The van der Waals surface area contributed by atoms with Crippen LogP contribution in [0.15, 0.2) is 35.6 Å². The number of aromatic nitrogens is 2. The highest BCUT2D eigenvalue weighted by Gasteiger charge is 1.99. The van der Waals surface area contributed by atoms with E-state index in [9.17, 15) is 0 Å². The predicted octanol–water partition coefficient (Wildman–Crippen LogP) is 2.01. The second-order valence-electron chi connectivity index (χ2n) is 4.96. The molecule has 0 saturated heterocycles. The maximum Gasteiger partial charge on any atom is 0.193 e. The van der Waals surface area contributed by atoms with Gasteiger partial charge in [0.1, 0.15) is 0 Å². The number of aryl methyl sites for hydroxylation is 3. The molecule has 0 spiro atoms. The third kappa shape index (κ3) is 3.85. The maximum atomic E-state index is 5.88. The fourth-order valence-corrected chi connectivity index (χ4v) is 1.91. The number of nitrogens with zero attached hydrogens (tertiary/aromatic N) is 3. The number of rotatable bonds is 4. The number of anilines is 1. The Balaban J connectivity index is 1.88. The number of benzene rings is 1. The molecule has 5 heteroatoms. The Morgan fingerprint density at radius 1 is 1.35 bits per heavy atom. The van der Waals surface area contributed by atoms with Gasteiger partial charge in [0.2, 0.25) is 0 Å². The van der Waals surface area contributed by atoms with Crippen molar-refractivity contribution >= 4 is 11.6 Å². The Kier molecular flexibility index (Phi) is 4.40. The van der Waals surface area contributed by atoms with E-state index in [0.29, 0.717) is 12.5 Å². The molecule has 0 aliphatic carbocycles. The highest BCUT2D eigenvalue weighted by molar-refractivity contribution is 5.92. The van der Waals surface area contributed by atoms with Gasteiger partial charge in [0.25, 0.3) is 0 Å². The first kappa shape index (κ1) is 14.1. The van der Waals surface area contributed by atoms with Gasteiger partial charge < -0.3 is 11.1 Å². The summed E-state index contributed by atoms with van der Waals surface area (Å²) in [5, 5.41) is 7.23. The Morgan fingerprint density at radius 3 is 2.80 bits per heavy atom. The smallest absolute Gasteiger partial charge is 0.193 e. The van der Waals surface area contributed by atoms with Crippen molar-refractivity contribution in [3.63, 3.8) is 0 Å². The van der Waals surface area contributed by atoms with Crippen molar-refractivity contribution in [3.05, 3.63) is 47.3 Å². The number of guanidine groups is 1. The Labute approximate surface area is 119 Å². The highest BCUT2D eigenvalue weighted by atomic mass is 15.2. The van der Waals surface area contributed by atoms with E-state index in [0.717, 1.165) is 17.7 Å². The summed E-state index contributed by atoms with van der Waals surface area (Å²) >= 11 is 0. The minimum absolute atomic E-state index is 0.442.